The van der Waals surface area contributed by atoms with E-state index in [4.69, 9.17) is 4.74 Å². The molecule has 1 aliphatic rings. The Bertz CT molecular complexity index is 1220. The molecule has 34 heavy (non-hydrogen) atoms. The summed E-state index contributed by atoms with van der Waals surface area (Å²) in [7, 11) is -3.22. The lowest BCUT2D eigenvalue weighted by molar-refractivity contribution is 0.151. The van der Waals surface area contributed by atoms with Crippen LogP contribution in [-0.2, 0) is 16.6 Å². The van der Waals surface area contributed by atoms with Crippen LogP contribution in [0.5, 0.6) is 5.88 Å². The van der Waals surface area contributed by atoms with Crippen molar-refractivity contribution in [1.82, 2.24) is 29.5 Å². The molecule has 3 heterocycles. The van der Waals surface area contributed by atoms with Crippen LogP contribution < -0.4 is 9.64 Å². The molecule has 0 aliphatic carbocycles. The van der Waals surface area contributed by atoms with E-state index in [9.17, 15) is 17.2 Å². The number of benzene rings is 1. The Labute approximate surface area is 196 Å². The van der Waals surface area contributed by atoms with E-state index in [2.05, 4.69) is 20.5 Å². The highest BCUT2D eigenvalue weighted by molar-refractivity contribution is 7.88. The summed E-state index contributed by atoms with van der Waals surface area (Å²) in [6, 6.07) is 9.29. The van der Waals surface area contributed by atoms with Gasteiger partial charge in [0.05, 0.1) is 17.6 Å². The van der Waals surface area contributed by atoms with Gasteiger partial charge in [-0.3, -0.25) is 0 Å². The summed E-state index contributed by atoms with van der Waals surface area (Å²) in [5.41, 5.74) is 1.82. The SMILES string of the molecule is Cc1nnn(-c2ccc(C(F)F)cc2)c1COc1ccc(N2CCCN(S(C)(=O)=O)CC2)nn1. The third kappa shape index (κ3) is 5.47. The van der Waals surface area contributed by atoms with Gasteiger partial charge in [-0.2, -0.15) is 0 Å². The largest absolute Gasteiger partial charge is 0.470 e. The van der Waals surface area contributed by atoms with Gasteiger partial charge in [-0.1, -0.05) is 17.3 Å². The molecule has 0 radical (unpaired) electrons. The molecule has 13 heteroatoms. The molecule has 2 aromatic heterocycles. The minimum Gasteiger partial charge on any atom is -0.470 e. The third-order valence-electron chi connectivity index (χ3n) is 5.58. The fraction of sp³-hybridized carbons (Fsp3) is 0.429. The van der Waals surface area contributed by atoms with Gasteiger partial charge in [0.15, 0.2) is 5.82 Å². The molecular formula is C21H25F2N7O3S. The number of halogens is 2. The summed E-state index contributed by atoms with van der Waals surface area (Å²) in [6.07, 6.45) is -0.624. The maximum absolute atomic E-state index is 12.8. The zero-order valence-electron chi connectivity index (χ0n) is 18.8. The number of alkyl halides is 2. The topological polar surface area (TPSA) is 106 Å². The first kappa shape index (κ1) is 24.0. The van der Waals surface area contributed by atoms with Crippen molar-refractivity contribution in [3.8, 4) is 11.6 Å². The van der Waals surface area contributed by atoms with Crippen LogP contribution in [0, 0.1) is 6.92 Å². The summed E-state index contributed by atoms with van der Waals surface area (Å²) in [5.74, 6) is 0.946. The number of aryl methyl sites for hydroxylation is 1. The quantitative estimate of drug-likeness (QED) is 0.494. The Morgan fingerprint density at radius 2 is 1.76 bits per heavy atom. The number of hydrogen-bond donors (Lipinski definition) is 0. The molecule has 4 rings (SSSR count). The van der Waals surface area contributed by atoms with Gasteiger partial charge in [-0.15, -0.1) is 15.3 Å². The molecule has 1 fully saturated rings. The molecule has 0 spiro atoms. The van der Waals surface area contributed by atoms with Crippen LogP contribution in [0.25, 0.3) is 5.69 Å². The average molecular weight is 494 g/mol. The minimum atomic E-state index is -3.22. The number of nitrogens with zero attached hydrogens (tertiary/aromatic N) is 7. The first-order valence-electron chi connectivity index (χ1n) is 10.7. The van der Waals surface area contributed by atoms with E-state index in [1.165, 1.54) is 27.4 Å². The standard InChI is InChI=1S/C21H25F2N7O3S/c1-15-18(30(27-24-15)17-6-4-16(5-7-17)21(22)23)14-33-20-9-8-19(25-26-20)28-10-3-11-29(13-12-28)34(2,31)32/h4-9,21H,3,10-14H2,1-2H3. The molecule has 0 unspecified atom stereocenters. The van der Waals surface area contributed by atoms with Gasteiger partial charge in [0.25, 0.3) is 6.43 Å². The summed E-state index contributed by atoms with van der Waals surface area (Å²) in [4.78, 5) is 1.99. The van der Waals surface area contributed by atoms with Gasteiger partial charge in [-0.05, 0) is 31.5 Å². The summed E-state index contributed by atoms with van der Waals surface area (Å²) in [6.45, 7) is 3.97. The van der Waals surface area contributed by atoms with Crippen molar-refractivity contribution in [3.63, 3.8) is 0 Å². The minimum absolute atomic E-state index is 0.0674. The van der Waals surface area contributed by atoms with Crippen molar-refractivity contribution >= 4 is 15.8 Å². The van der Waals surface area contributed by atoms with Crippen LogP contribution in [-0.4, -0.2) is 70.3 Å². The van der Waals surface area contributed by atoms with Gasteiger partial charge < -0.3 is 9.64 Å². The highest BCUT2D eigenvalue weighted by Gasteiger charge is 2.22. The molecule has 3 aromatic rings. The van der Waals surface area contributed by atoms with E-state index in [0.29, 0.717) is 61.4 Å². The number of aromatic nitrogens is 5. The number of rotatable bonds is 7. The van der Waals surface area contributed by atoms with Crippen molar-refractivity contribution in [3.05, 3.63) is 53.3 Å². The third-order valence-corrected chi connectivity index (χ3v) is 6.88. The fourth-order valence-corrected chi connectivity index (χ4v) is 4.54. The second-order valence-corrected chi connectivity index (χ2v) is 9.93. The molecule has 1 aromatic carbocycles. The smallest absolute Gasteiger partial charge is 0.263 e. The van der Waals surface area contributed by atoms with Crippen LogP contribution in [0.4, 0.5) is 14.6 Å². The Balaban J connectivity index is 1.41. The van der Waals surface area contributed by atoms with E-state index in [0.717, 1.165) is 0 Å². The second kappa shape index (κ2) is 9.97. The van der Waals surface area contributed by atoms with Crippen LogP contribution in [0.1, 0.15) is 29.8 Å². The molecule has 0 saturated carbocycles. The van der Waals surface area contributed by atoms with Gasteiger partial charge in [-0.25, -0.2) is 26.2 Å². The summed E-state index contributed by atoms with van der Waals surface area (Å²) in [5, 5.41) is 16.5. The first-order chi connectivity index (χ1) is 16.2. The van der Waals surface area contributed by atoms with E-state index in [-0.39, 0.29) is 12.2 Å². The maximum Gasteiger partial charge on any atom is 0.263 e. The van der Waals surface area contributed by atoms with E-state index < -0.39 is 16.4 Å². The predicted molar refractivity (Wildman–Crippen MR) is 121 cm³/mol. The van der Waals surface area contributed by atoms with Gasteiger partial charge in [0.2, 0.25) is 15.9 Å². The van der Waals surface area contributed by atoms with Crippen molar-refractivity contribution in [2.75, 3.05) is 37.3 Å². The highest BCUT2D eigenvalue weighted by atomic mass is 32.2. The molecular weight excluding hydrogens is 468 g/mol. The molecule has 10 nitrogen and oxygen atoms in total. The van der Waals surface area contributed by atoms with Crippen molar-refractivity contribution < 1.29 is 21.9 Å². The molecule has 0 amide bonds. The normalized spacial score (nSPS) is 15.5. The summed E-state index contributed by atoms with van der Waals surface area (Å²) >= 11 is 0. The second-order valence-electron chi connectivity index (χ2n) is 7.95. The van der Waals surface area contributed by atoms with E-state index in [1.807, 2.05) is 4.90 Å². The monoisotopic (exact) mass is 493 g/mol. The Morgan fingerprint density at radius 3 is 2.41 bits per heavy atom. The lowest BCUT2D eigenvalue weighted by Crippen LogP contribution is -2.34. The Morgan fingerprint density at radius 1 is 1.00 bits per heavy atom. The van der Waals surface area contributed by atoms with Crippen LogP contribution in [0.15, 0.2) is 36.4 Å². The predicted octanol–water partition coefficient (Wildman–Crippen LogP) is 2.35. The molecule has 0 N–H and O–H groups in total. The Kier molecular flexibility index (Phi) is 7.03. The van der Waals surface area contributed by atoms with E-state index in [1.54, 1.807) is 31.2 Å². The number of ether oxygens (including phenoxy) is 1. The average Bonchev–Trinajstić information content (AvgIpc) is 3.01. The summed E-state index contributed by atoms with van der Waals surface area (Å²) < 4.78 is 58.0. The van der Waals surface area contributed by atoms with Crippen LogP contribution >= 0.6 is 0 Å². The highest BCUT2D eigenvalue weighted by Crippen LogP contribution is 2.22. The lowest BCUT2D eigenvalue weighted by atomic mass is 10.2. The number of sulfonamides is 1. The molecule has 1 saturated heterocycles. The molecule has 1 aliphatic heterocycles. The van der Waals surface area contributed by atoms with Crippen LogP contribution in [0.2, 0.25) is 0 Å². The molecule has 0 atom stereocenters. The van der Waals surface area contributed by atoms with Gasteiger partial charge in [0.1, 0.15) is 12.3 Å². The number of anilines is 1. The number of hydrogen-bond acceptors (Lipinski definition) is 8. The maximum atomic E-state index is 12.8. The van der Waals surface area contributed by atoms with Crippen molar-refractivity contribution in [2.45, 2.75) is 26.4 Å². The van der Waals surface area contributed by atoms with Crippen molar-refractivity contribution in [1.29, 1.82) is 0 Å². The van der Waals surface area contributed by atoms with Crippen molar-refractivity contribution in [2.24, 2.45) is 0 Å². The lowest BCUT2D eigenvalue weighted by Gasteiger charge is -2.21. The van der Waals surface area contributed by atoms with Crippen LogP contribution in [0.3, 0.4) is 0 Å². The zero-order valence-corrected chi connectivity index (χ0v) is 19.6. The van der Waals surface area contributed by atoms with Gasteiger partial charge >= 0.3 is 0 Å². The fourth-order valence-electron chi connectivity index (χ4n) is 3.67. The Hall–Kier alpha value is -3.19. The zero-order chi connectivity index (χ0) is 24.3. The van der Waals surface area contributed by atoms with E-state index >= 15 is 0 Å². The molecule has 0 bridgehead atoms. The van der Waals surface area contributed by atoms with Gasteiger partial charge in [0, 0.05) is 37.8 Å². The molecule has 182 valence electrons. The first-order valence-corrected chi connectivity index (χ1v) is 12.5.